The molecule has 0 spiro atoms. The summed E-state index contributed by atoms with van der Waals surface area (Å²) in [6.45, 7) is 8.94. The van der Waals surface area contributed by atoms with Crippen LogP contribution in [0.15, 0.2) is 0 Å². The highest BCUT2D eigenvalue weighted by atomic mass is 32.2. The summed E-state index contributed by atoms with van der Waals surface area (Å²) in [6.07, 6.45) is -5.88. The van der Waals surface area contributed by atoms with Crippen LogP contribution in [0.3, 0.4) is 0 Å². The van der Waals surface area contributed by atoms with E-state index in [4.69, 9.17) is 9.84 Å². The number of halogens is 7. The van der Waals surface area contributed by atoms with E-state index in [9.17, 15) is 48.7 Å². The maximum absolute atomic E-state index is 14.0. The third kappa shape index (κ3) is 10.4. The number of amides is 1. The highest BCUT2D eigenvalue weighted by Gasteiger charge is 2.77. The SMILES string of the molecule is CC(C)(C)OC(F)(C(=O)O)C(F)(F)C(F)(F)F.CCC(F)(OC(C)(C)C)C(=O)NS(C)(=O)=O. The van der Waals surface area contributed by atoms with E-state index in [1.165, 1.54) is 6.92 Å². The molecule has 0 aliphatic carbocycles. The molecule has 0 rings (SSSR count). The van der Waals surface area contributed by atoms with Gasteiger partial charge in [0.05, 0.1) is 17.5 Å². The van der Waals surface area contributed by atoms with Crippen LogP contribution >= 0.6 is 0 Å². The van der Waals surface area contributed by atoms with E-state index >= 15 is 0 Å². The van der Waals surface area contributed by atoms with Gasteiger partial charge in [0.15, 0.2) is 0 Å². The zero-order chi connectivity index (χ0) is 27.5. The van der Waals surface area contributed by atoms with E-state index in [2.05, 4.69) is 4.74 Å². The molecule has 8 nitrogen and oxygen atoms in total. The Morgan fingerprint density at radius 1 is 0.848 bits per heavy atom. The van der Waals surface area contributed by atoms with Crippen LogP contribution in [0.4, 0.5) is 30.7 Å². The molecular formula is C17H28F7NO7S. The van der Waals surface area contributed by atoms with Crippen LogP contribution in [0.5, 0.6) is 0 Å². The minimum absolute atomic E-state index is 0.272. The topological polar surface area (TPSA) is 119 Å². The lowest BCUT2D eigenvalue weighted by Gasteiger charge is -2.35. The Labute approximate surface area is 186 Å². The lowest BCUT2D eigenvalue weighted by Crippen LogP contribution is -2.62. The number of sulfonamides is 1. The van der Waals surface area contributed by atoms with Gasteiger partial charge in [-0.15, -0.1) is 0 Å². The predicted octanol–water partition coefficient (Wildman–Crippen LogP) is 3.70. The number of carbonyl (C=O) groups is 2. The van der Waals surface area contributed by atoms with Crippen LogP contribution in [0.2, 0.25) is 0 Å². The van der Waals surface area contributed by atoms with Crippen molar-refractivity contribution in [2.45, 2.75) is 89.9 Å². The van der Waals surface area contributed by atoms with Crippen LogP contribution < -0.4 is 4.72 Å². The number of carboxylic acids is 1. The fourth-order valence-electron chi connectivity index (χ4n) is 1.86. The number of nitrogens with one attached hydrogen (secondary N) is 1. The molecule has 0 fully saturated rings. The lowest BCUT2D eigenvalue weighted by molar-refractivity contribution is -0.386. The quantitative estimate of drug-likeness (QED) is 0.489. The number of alkyl halides is 7. The molecule has 2 unspecified atom stereocenters. The average Bonchev–Trinajstić information content (AvgIpc) is 2.48. The standard InChI is InChI=1S/C9H18FNO4S.C8H10F6O3/c1-6-9(10,15-8(2,3)4)7(12)11-16(5,13)14;1-5(2,3)17-6(9,4(15)16)7(10,11)8(12,13)14/h6H2,1-5H3,(H,11,12);1-3H3,(H,15,16). The van der Waals surface area contributed by atoms with Gasteiger partial charge in [0, 0.05) is 6.42 Å². The molecule has 33 heavy (non-hydrogen) atoms. The minimum Gasteiger partial charge on any atom is -0.477 e. The van der Waals surface area contributed by atoms with Gasteiger partial charge in [0.1, 0.15) is 0 Å². The van der Waals surface area contributed by atoms with E-state index in [1.54, 1.807) is 25.5 Å². The molecule has 198 valence electrons. The Bertz CT molecular complexity index is 804. The molecule has 1 amide bonds. The summed E-state index contributed by atoms with van der Waals surface area (Å²) in [7, 11) is -3.79. The van der Waals surface area contributed by atoms with E-state index in [0.717, 1.165) is 27.0 Å². The summed E-state index contributed by atoms with van der Waals surface area (Å²) in [5.74, 6) is -18.3. The largest absolute Gasteiger partial charge is 0.477 e. The summed E-state index contributed by atoms with van der Waals surface area (Å²) in [5, 5.41) is 8.21. The molecule has 0 aromatic rings. The Hall–Kier alpha value is -1.68. The first-order valence-electron chi connectivity index (χ1n) is 9.03. The van der Waals surface area contributed by atoms with Crippen molar-refractivity contribution in [3.05, 3.63) is 0 Å². The number of aliphatic carboxylic acids is 1. The number of ether oxygens (including phenoxy) is 2. The van der Waals surface area contributed by atoms with E-state index in [-0.39, 0.29) is 6.42 Å². The second-order valence-electron chi connectivity index (χ2n) is 8.69. The fourth-order valence-corrected chi connectivity index (χ4v) is 2.34. The maximum atomic E-state index is 14.0. The predicted molar refractivity (Wildman–Crippen MR) is 101 cm³/mol. The molecule has 16 heteroatoms. The van der Waals surface area contributed by atoms with Crippen molar-refractivity contribution in [1.29, 1.82) is 0 Å². The second kappa shape index (κ2) is 10.3. The molecule has 0 aromatic carbocycles. The number of carbonyl (C=O) groups excluding carboxylic acids is 1. The number of carboxylic acid groups (broad SMARTS) is 1. The molecule has 0 aliphatic rings. The molecule has 0 saturated heterocycles. The molecule has 2 atom stereocenters. The van der Waals surface area contributed by atoms with Gasteiger partial charge in [-0.1, -0.05) is 6.92 Å². The van der Waals surface area contributed by atoms with Gasteiger partial charge in [0.2, 0.25) is 10.0 Å². The first-order chi connectivity index (χ1) is 14.0. The summed E-state index contributed by atoms with van der Waals surface area (Å²) in [5.41, 5.74) is -2.73. The first-order valence-corrected chi connectivity index (χ1v) is 10.9. The summed E-state index contributed by atoms with van der Waals surface area (Å²) in [4.78, 5) is 21.7. The molecule has 0 radical (unpaired) electrons. The fraction of sp³-hybridized carbons (Fsp3) is 0.882. The maximum Gasteiger partial charge on any atom is 0.460 e. The molecule has 0 aromatic heterocycles. The third-order valence-corrected chi connectivity index (χ3v) is 3.58. The molecule has 2 N–H and O–H groups in total. The Morgan fingerprint density at radius 2 is 1.21 bits per heavy atom. The Kier molecular flexibility index (Phi) is 10.4. The van der Waals surface area contributed by atoms with Gasteiger partial charge in [-0.05, 0) is 41.5 Å². The highest BCUT2D eigenvalue weighted by molar-refractivity contribution is 7.89. The number of hydrogen-bond acceptors (Lipinski definition) is 6. The molecular weight excluding hydrogens is 495 g/mol. The third-order valence-electron chi connectivity index (χ3n) is 3.02. The first kappa shape index (κ1) is 33.5. The minimum atomic E-state index is -6.38. The Morgan fingerprint density at radius 3 is 1.42 bits per heavy atom. The average molecular weight is 523 g/mol. The van der Waals surface area contributed by atoms with Crippen molar-refractivity contribution in [3.63, 3.8) is 0 Å². The van der Waals surface area contributed by atoms with Gasteiger partial charge in [-0.25, -0.2) is 22.3 Å². The molecule has 0 bridgehead atoms. The van der Waals surface area contributed by atoms with Gasteiger partial charge >= 0.3 is 23.9 Å². The van der Waals surface area contributed by atoms with Crippen molar-refractivity contribution in [1.82, 2.24) is 4.72 Å². The monoisotopic (exact) mass is 523 g/mol. The van der Waals surface area contributed by atoms with Crippen LogP contribution in [0.25, 0.3) is 0 Å². The van der Waals surface area contributed by atoms with Crippen LogP contribution in [-0.4, -0.2) is 66.7 Å². The van der Waals surface area contributed by atoms with Gasteiger partial charge in [0.25, 0.3) is 11.8 Å². The number of hydrogen-bond donors (Lipinski definition) is 2. The Balaban J connectivity index is 0. The van der Waals surface area contributed by atoms with Crippen LogP contribution in [0, 0.1) is 0 Å². The van der Waals surface area contributed by atoms with Crippen LogP contribution in [-0.2, 0) is 29.1 Å². The van der Waals surface area contributed by atoms with E-state index in [0.29, 0.717) is 0 Å². The van der Waals surface area contributed by atoms with Crippen molar-refractivity contribution in [3.8, 4) is 0 Å². The summed E-state index contributed by atoms with van der Waals surface area (Å²) in [6, 6.07) is 0. The summed E-state index contributed by atoms with van der Waals surface area (Å²) >= 11 is 0. The van der Waals surface area contributed by atoms with Gasteiger partial charge in [-0.3, -0.25) is 4.79 Å². The lowest BCUT2D eigenvalue weighted by atomic mass is 10.1. The van der Waals surface area contributed by atoms with E-state index in [1.807, 2.05) is 0 Å². The van der Waals surface area contributed by atoms with Crippen LogP contribution in [0.1, 0.15) is 54.9 Å². The number of rotatable bonds is 7. The smallest absolute Gasteiger partial charge is 0.460 e. The second-order valence-corrected chi connectivity index (χ2v) is 10.4. The van der Waals surface area contributed by atoms with Crippen molar-refractivity contribution in [2.24, 2.45) is 0 Å². The zero-order valence-electron chi connectivity index (χ0n) is 19.2. The van der Waals surface area contributed by atoms with Crippen molar-refractivity contribution < 1.29 is 63.3 Å². The normalized spacial score (nSPS) is 17.2. The van der Waals surface area contributed by atoms with Gasteiger partial charge in [-0.2, -0.15) is 26.3 Å². The molecule has 0 aliphatic heterocycles. The molecule has 0 heterocycles. The van der Waals surface area contributed by atoms with Crippen molar-refractivity contribution in [2.75, 3.05) is 6.26 Å². The molecule has 0 saturated carbocycles. The van der Waals surface area contributed by atoms with Crippen molar-refractivity contribution >= 4 is 21.9 Å². The highest BCUT2D eigenvalue weighted by Crippen LogP contribution is 2.47. The van der Waals surface area contributed by atoms with E-state index < -0.39 is 56.9 Å². The van der Waals surface area contributed by atoms with Gasteiger partial charge < -0.3 is 14.6 Å². The summed E-state index contributed by atoms with van der Waals surface area (Å²) < 4.78 is 121. The zero-order valence-corrected chi connectivity index (χ0v) is 20.0.